The summed E-state index contributed by atoms with van der Waals surface area (Å²) in [5, 5.41) is 11.5. The molecule has 2 aromatic rings. The number of anilines is 1. The van der Waals surface area contributed by atoms with E-state index in [0.717, 1.165) is 0 Å². The molecule has 0 fully saturated rings. The zero-order valence-corrected chi connectivity index (χ0v) is 14.4. The molecule has 0 radical (unpaired) electrons. The van der Waals surface area contributed by atoms with Crippen LogP contribution in [-0.4, -0.2) is 29.2 Å². The highest BCUT2D eigenvalue weighted by Crippen LogP contribution is 2.25. The second kappa shape index (κ2) is 6.81. The first-order valence-electron chi connectivity index (χ1n) is 8.22. The quantitative estimate of drug-likeness (QED) is 0.861. The van der Waals surface area contributed by atoms with E-state index in [2.05, 4.69) is 5.32 Å². The van der Waals surface area contributed by atoms with Crippen molar-refractivity contribution in [3.05, 3.63) is 64.7 Å². The van der Waals surface area contributed by atoms with E-state index in [1.165, 1.54) is 23.1 Å². The van der Waals surface area contributed by atoms with Gasteiger partial charge in [-0.1, -0.05) is 13.8 Å². The van der Waals surface area contributed by atoms with Crippen LogP contribution < -0.4 is 5.32 Å². The fourth-order valence-electron chi connectivity index (χ4n) is 2.79. The van der Waals surface area contributed by atoms with Crippen molar-refractivity contribution in [2.75, 3.05) is 11.9 Å². The normalized spacial score (nSPS) is 12.9. The molecule has 6 nitrogen and oxygen atoms in total. The van der Waals surface area contributed by atoms with Crippen LogP contribution in [0.15, 0.2) is 42.5 Å². The molecule has 2 aromatic carbocycles. The van der Waals surface area contributed by atoms with Gasteiger partial charge in [-0.3, -0.25) is 19.3 Å². The number of carbonyl (C=O) groups excluding carboxylic acids is 3. The van der Waals surface area contributed by atoms with Gasteiger partial charge in [-0.05, 0) is 48.4 Å². The Kier molecular flexibility index (Phi) is 4.55. The first kappa shape index (κ1) is 17.4. The summed E-state index contributed by atoms with van der Waals surface area (Å²) in [6.07, 6.45) is 0. The minimum atomic E-state index is -0.389. The number of nitriles is 1. The van der Waals surface area contributed by atoms with E-state index < -0.39 is 0 Å². The summed E-state index contributed by atoms with van der Waals surface area (Å²) in [5.41, 5.74) is 1.91. The Bertz CT molecular complexity index is 940. The summed E-state index contributed by atoms with van der Waals surface area (Å²) in [4.78, 5) is 38.5. The second-order valence-corrected chi connectivity index (χ2v) is 6.52. The van der Waals surface area contributed by atoms with Gasteiger partial charge in [0.05, 0.1) is 22.8 Å². The molecule has 6 heteroatoms. The van der Waals surface area contributed by atoms with E-state index in [-0.39, 0.29) is 29.2 Å². The highest BCUT2D eigenvalue weighted by Gasteiger charge is 2.36. The molecule has 0 saturated carbocycles. The van der Waals surface area contributed by atoms with Crippen LogP contribution in [0.4, 0.5) is 5.69 Å². The number of imide groups is 1. The molecule has 3 rings (SSSR count). The monoisotopic (exact) mass is 347 g/mol. The molecule has 3 amide bonds. The van der Waals surface area contributed by atoms with Crippen LogP contribution in [0.1, 0.15) is 50.5 Å². The zero-order chi connectivity index (χ0) is 18.8. The number of fused-ring (bicyclic) bond motifs is 1. The molecule has 1 N–H and O–H groups in total. The van der Waals surface area contributed by atoms with E-state index >= 15 is 0 Å². The van der Waals surface area contributed by atoms with Gasteiger partial charge in [0.25, 0.3) is 17.7 Å². The molecule has 1 heterocycles. The lowest BCUT2D eigenvalue weighted by Gasteiger charge is -2.15. The SMILES string of the molecule is CC(C)CN1C(=O)c2ccc(C(=O)Nc3ccc(C#N)cc3)cc2C1=O. The van der Waals surface area contributed by atoms with E-state index in [4.69, 9.17) is 5.26 Å². The maximum Gasteiger partial charge on any atom is 0.261 e. The van der Waals surface area contributed by atoms with Crippen LogP contribution in [-0.2, 0) is 0 Å². The molecular weight excluding hydrogens is 330 g/mol. The summed E-state index contributed by atoms with van der Waals surface area (Å²) < 4.78 is 0. The highest BCUT2D eigenvalue weighted by molar-refractivity contribution is 6.22. The molecule has 0 unspecified atom stereocenters. The van der Waals surface area contributed by atoms with Crippen LogP contribution in [0.25, 0.3) is 0 Å². The number of benzene rings is 2. The van der Waals surface area contributed by atoms with Gasteiger partial charge in [-0.25, -0.2) is 0 Å². The molecule has 0 atom stereocenters. The lowest BCUT2D eigenvalue weighted by Crippen LogP contribution is -2.33. The first-order chi connectivity index (χ1) is 12.4. The van der Waals surface area contributed by atoms with Gasteiger partial charge in [-0.2, -0.15) is 5.26 Å². The van der Waals surface area contributed by atoms with E-state index in [9.17, 15) is 14.4 Å². The fraction of sp³-hybridized carbons (Fsp3) is 0.200. The van der Waals surface area contributed by atoms with Crippen molar-refractivity contribution in [1.82, 2.24) is 4.90 Å². The van der Waals surface area contributed by atoms with Gasteiger partial charge < -0.3 is 5.32 Å². The lowest BCUT2D eigenvalue weighted by atomic mass is 10.1. The number of nitrogens with one attached hydrogen (secondary N) is 1. The van der Waals surface area contributed by atoms with Gasteiger partial charge in [0.1, 0.15) is 0 Å². The molecule has 26 heavy (non-hydrogen) atoms. The van der Waals surface area contributed by atoms with Gasteiger partial charge in [-0.15, -0.1) is 0 Å². The molecule has 130 valence electrons. The van der Waals surface area contributed by atoms with Crippen LogP contribution >= 0.6 is 0 Å². The minimum Gasteiger partial charge on any atom is -0.322 e. The maximum absolute atomic E-state index is 12.5. The average molecular weight is 347 g/mol. The van der Waals surface area contributed by atoms with Crippen molar-refractivity contribution in [1.29, 1.82) is 5.26 Å². The van der Waals surface area contributed by atoms with Crippen molar-refractivity contribution in [3.8, 4) is 6.07 Å². The van der Waals surface area contributed by atoms with Crippen LogP contribution in [0, 0.1) is 17.2 Å². The van der Waals surface area contributed by atoms with Gasteiger partial charge >= 0.3 is 0 Å². The number of hydrogen-bond donors (Lipinski definition) is 1. The Morgan fingerprint density at radius 1 is 1.08 bits per heavy atom. The molecule has 1 aliphatic heterocycles. The largest absolute Gasteiger partial charge is 0.322 e. The Labute approximate surface area is 151 Å². The number of rotatable bonds is 4. The van der Waals surface area contributed by atoms with Gasteiger partial charge in [0.2, 0.25) is 0 Å². The minimum absolute atomic E-state index is 0.163. The summed E-state index contributed by atoms with van der Waals surface area (Å²) in [6.45, 7) is 4.21. The van der Waals surface area contributed by atoms with Crippen molar-refractivity contribution in [2.45, 2.75) is 13.8 Å². The average Bonchev–Trinajstić information content (AvgIpc) is 2.86. The van der Waals surface area contributed by atoms with Gasteiger partial charge in [0.15, 0.2) is 0 Å². The third-order valence-corrected chi connectivity index (χ3v) is 4.05. The van der Waals surface area contributed by atoms with Crippen LogP contribution in [0.5, 0.6) is 0 Å². The summed E-state index contributed by atoms with van der Waals surface area (Å²) >= 11 is 0. The third kappa shape index (κ3) is 3.20. The van der Waals surface area contributed by atoms with Crippen LogP contribution in [0.3, 0.4) is 0 Å². The molecule has 0 saturated heterocycles. The summed E-state index contributed by atoms with van der Waals surface area (Å²) in [5.74, 6) is -0.916. The second-order valence-electron chi connectivity index (χ2n) is 6.52. The van der Waals surface area contributed by atoms with Crippen molar-refractivity contribution in [3.63, 3.8) is 0 Å². The third-order valence-electron chi connectivity index (χ3n) is 4.05. The number of hydrogen-bond acceptors (Lipinski definition) is 4. The van der Waals surface area contributed by atoms with E-state index in [1.807, 2.05) is 19.9 Å². The van der Waals surface area contributed by atoms with Crippen molar-refractivity contribution >= 4 is 23.4 Å². The first-order valence-corrected chi connectivity index (χ1v) is 8.22. The highest BCUT2D eigenvalue weighted by atomic mass is 16.2. The fourth-order valence-corrected chi connectivity index (χ4v) is 2.79. The molecule has 0 spiro atoms. The van der Waals surface area contributed by atoms with Crippen molar-refractivity contribution < 1.29 is 14.4 Å². The molecular formula is C20H17N3O3. The molecule has 0 bridgehead atoms. The Hall–Kier alpha value is -3.46. The molecule has 0 aliphatic carbocycles. The molecule has 0 aromatic heterocycles. The molecule has 1 aliphatic rings. The Morgan fingerprint density at radius 3 is 2.35 bits per heavy atom. The van der Waals surface area contributed by atoms with Gasteiger partial charge in [0, 0.05) is 17.8 Å². The topological polar surface area (TPSA) is 90.3 Å². The lowest BCUT2D eigenvalue weighted by molar-refractivity contribution is 0.0636. The Morgan fingerprint density at radius 2 is 1.73 bits per heavy atom. The predicted molar refractivity (Wildman–Crippen MR) is 95.8 cm³/mol. The van der Waals surface area contributed by atoms with Crippen molar-refractivity contribution in [2.24, 2.45) is 5.92 Å². The number of amides is 3. The number of carbonyl (C=O) groups is 3. The van der Waals surface area contributed by atoms with E-state index in [1.54, 1.807) is 24.3 Å². The van der Waals surface area contributed by atoms with E-state index in [0.29, 0.717) is 28.9 Å². The smallest absolute Gasteiger partial charge is 0.261 e. The standard InChI is InChI=1S/C20H17N3O3/c1-12(2)11-23-19(25)16-8-5-14(9-17(16)20(23)26)18(24)22-15-6-3-13(10-21)4-7-15/h3-9,12H,11H2,1-2H3,(H,22,24). The summed E-state index contributed by atoms with van der Waals surface area (Å²) in [6, 6.07) is 13.0. The maximum atomic E-state index is 12.5. The predicted octanol–water partition coefficient (Wildman–Crippen LogP) is 3.06. The number of nitrogens with zero attached hydrogens (tertiary/aromatic N) is 2. The van der Waals surface area contributed by atoms with Crippen LogP contribution in [0.2, 0.25) is 0 Å². The Balaban J connectivity index is 1.82. The zero-order valence-electron chi connectivity index (χ0n) is 14.4. The summed E-state index contributed by atoms with van der Waals surface area (Å²) in [7, 11) is 0.